The van der Waals surface area contributed by atoms with E-state index in [0.29, 0.717) is 0 Å². The minimum atomic E-state index is -5.56. The van der Waals surface area contributed by atoms with Crippen LogP contribution in [0.3, 0.4) is 0 Å². The van der Waals surface area contributed by atoms with Crippen LogP contribution in [0.5, 0.6) is 0 Å². The van der Waals surface area contributed by atoms with Crippen molar-refractivity contribution < 1.29 is 122 Å². The third-order valence-corrected chi connectivity index (χ3v) is 14.4. The van der Waals surface area contributed by atoms with E-state index in [0.717, 1.165) is 65.6 Å². The van der Waals surface area contributed by atoms with Crippen LogP contribution in [0, 0.1) is 0 Å². The molecule has 39 heteroatoms. The number of hydrogen-bond acceptors (Lipinski definition) is 24. The van der Waals surface area contributed by atoms with Gasteiger partial charge in [0.25, 0.3) is 56.5 Å². The molecule has 0 radical (unpaired) electrons. The van der Waals surface area contributed by atoms with Gasteiger partial charge < -0.3 is 19.7 Å². The maximum Gasteiger partial charge on any atom is 0.425 e. The van der Waals surface area contributed by atoms with Gasteiger partial charge in [-0.15, -0.1) is 37.9 Å². The van der Waals surface area contributed by atoms with E-state index in [2.05, 4.69) is 10.3 Å². The van der Waals surface area contributed by atoms with E-state index in [9.17, 15) is 74.4 Å². The van der Waals surface area contributed by atoms with Crippen molar-refractivity contribution in [3.05, 3.63) is 113 Å². The Morgan fingerprint density at radius 1 is 0.603 bits per heavy atom. The first kappa shape index (κ1) is 65.0. The number of anilines is 1. The van der Waals surface area contributed by atoms with E-state index >= 15 is 0 Å². The van der Waals surface area contributed by atoms with E-state index in [4.69, 9.17) is 47.4 Å². The molecule has 1 aliphatic carbocycles. The number of hydrogen-bond donors (Lipinski definition) is 7. The zero-order chi connectivity index (χ0) is 59.5. The molecule has 31 nitrogen and oxygen atoms in total. The van der Waals surface area contributed by atoms with E-state index in [1.165, 1.54) is 37.4 Å². The van der Waals surface area contributed by atoms with Crippen LogP contribution in [0.15, 0.2) is 125 Å². The number of rotatable bonds is 16. The molecule has 78 heavy (non-hydrogen) atoms. The van der Waals surface area contributed by atoms with Crippen LogP contribution in [0.2, 0.25) is 0 Å². The Labute approximate surface area is 444 Å². The molecule has 0 saturated heterocycles. The molecule has 0 bridgehead atoms. The lowest BCUT2D eigenvalue weighted by Crippen LogP contribution is -2.30. The van der Waals surface area contributed by atoms with Gasteiger partial charge in [-0.1, -0.05) is 42.5 Å². The predicted molar refractivity (Wildman–Crippen MR) is 260 cm³/mol. The van der Waals surface area contributed by atoms with Crippen LogP contribution >= 0.6 is 0 Å². The van der Waals surface area contributed by atoms with Gasteiger partial charge >= 0.3 is 37.8 Å². The molecule has 0 unspecified atom stereocenters. The van der Waals surface area contributed by atoms with Crippen LogP contribution in [0.4, 0.5) is 5.69 Å². The normalized spacial score (nSPS) is 11.9. The summed E-state index contributed by atoms with van der Waals surface area (Å²) in [6, 6.07) is 16.8. The fourth-order valence-electron chi connectivity index (χ4n) is 6.99. The van der Waals surface area contributed by atoms with E-state index < -0.39 is 177 Å². The second-order valence-corrected chi connectivity index (χ2v) is 23.0. The highest BCUT2D eigenvalue weighted by atomic mass is 32.2. The quantitative estimate of drug-likeness (QED) is 0.0526. The van der Waals surface area contributed by atoms with Gasteiger partial charge in [-0.05, 0) is 71.6 Å². The highest BCUT2D eigenvalue weighted by Gasteiger charge is 2.35. The van der Waals surface area contributed by atoms with Crippen LogP contribution in [0.1, 0.15) is 34.3 Å². The van der Waals surface area contributed by atoms with Crippen molar-refractivity contribution in [1.29, 1.82) is 0 Å². The summed E-state index contributed by atoms with van der Waals surface area (Å²) in [6.07, 6.45) is -0.550. The van der Waals surface area contributed by atoms with E-state index in [1.807, 2.05) is 0 Å². The third kappa shape index (κ3) is 18.2. The number of carbonyl (C=O) groups is 2. The Morgan fingerprint density at radius 2 is 1.13 bits per heavy atom. The summed E-state index contributed by atoms with van der Waals surface area (Å²) in [5, 5.41) is 10.8. The van der Waals surface area contributed by atoms with Gasteiger partial charge in [-0.3, -0.25) is 37.3 Å². The van der Waals surface area contributed by atoms with Crippen LogP contribution in [-0.4, -0.2) is 138 Å². The van der Waals surface area contributed by atoms with Crippen molar-refractivity contribution >= 4 is 111 Å². The summed E-state index contributed by atoms with van der Waals surface area (Å²) in [5.74, 6) is -3.27. The highest BCUT2D eigenvalue weighted by molar-refractivity contribution is 7.87. The molecule has 1 heterocycles. The van der Waals surface area contributed by atoms with Gasteiger partial charge in [-0.2, -0.15) is 42.1 Å². The Balaban J connectivity index is 0.00000121. The monoisotopic (exact) mass is 1250 g/mol. The fourth-order valence-corrected chi connectivity index (χ4v) is 10.5. The SMILES string of the molecule is CN(CCCC(=O)O)C(=O)c1c(-c2c3ccc(=NCc4ccc(S(=O)(=O)O)cc4)c(S(=O)(=O)O)c-3oc3c(S(=O)(=O)O)c(NCc4ccccc4S(=O)(=O)O)ccc23)cccc1S(=O)(=O)O.O=S(=O)=O.O=S(=O)=O.O=S(=O)=O. The second-order valence-electron chi connectivity index (χ2n) is 14.9. The summed E-state index contributed by atoms with van der Waals surface area (Å²) in [5.41, 5.74) is -3.34. The van der Waals surface area contributed by atoms with Gasteiger partial charge in [0, 0.05) is 43.1 Å². The zero-order valence-corrected chi connectivity index (χ0v) is 45.1. The van der Waals surface area contributed by atoms with Crippen LogP contribution in [0.25, 0.3) is 33.4 Å². The lowest BCUT2D eigenvalue weighted by atomic mass is 9.90. The largest absolute Gasteiger partial charge is 0.481 e. The molecular formula is C39H35N3O28S8. The molecular weight excluding hydrogens is 1210 g/mol. The summed E-state index contributed by atoms with van der Waals surface area (Å²) in [7, 11) is -34.0. The number of carboxylic acid groups (broad SMARTS) is 1. The summed E-state index contributed by atoms with van der Waals surface area (Å²) >= 11 is 0. The summed E-state index contributed by atoms with van der Waals surface area (Å²) < 4.78 is 260. The molecule has 4 aromatic rings. The van der Waals surface area contributed by atoms with E-state index in [1.54, 1.807) is 0 Å². The predicted octanol–water partition coefficient (Wildman–Crippen LogP) is 1.08. The van der Waals surface area contributed by atoms with Gasteiger partial charge in [0.05, 0.1) is 32.9 Å². The molecule has 0 fully saturated rings. The molecule has 2 aliphatic rings. The van der Waals surface area contributed by atoms with Crippen molar-refractivity contribution in [2.45, 2.75) is 50.4 Å². The number of nitrogens with one attached hydrogen (secondary N) is 1. The number of aliphatic carboxylic acids is 1. The Morgan fingerprint density at radius 3 is 1.63 bits per heavy atom. The van der Waals surface area contributed by atoms with Gasteiger partial charge in [0.1, 0.15) is 4.90 Å². The standard InChI is InChI=1S/C39H35N3O19S5.3O3S/c1-42(19-5-10-32(43)44)39(45)34-25(7-4-9-31(34)64(52,53)54)33-26-15-17-28(40-20-22-11-13-24(14-12-22)62(46,47)48)37(65(55,56)57)35(26)61-36-27(33)16-18-29(38(36)66(58,59)60)41-21-23-6-2-3-8-30(23)63(49,50)51;3*1-4(2)3/h2-4,6-9,11-18,41H,5,10,19-21H2,1H3,(H,43,44)(H,46,47,48)(H,49,50,51)(H,52,53,54)(H,55,56,57)(H,58,59,60);;;. The van der Waals surface area contributed by atoms with Crippen LogP contribution in [-0.2, 0) is 100 Å². The second kappa shape index (κ2) is 26.4. The smallest absolute Gasteiger partial charge is 0.425 e. The number of fused-ring (bicyclic) bond motifs is 2. The van der Waals surface area contributed by atoms with Crippen molar-refractivity contribution in [2.24, 2.45) is 4.99 Å². The van der Waals surface area contributed by atoms with Gasteiger partial charge in [0.15, 0.2) is 21.1 Å². The molecule has 0 aromatic heterocycles. The molecule has 422 valence electrons. The molecule has 1 amide bonds. The molecule has 1 aliphatic heterocycles. The maximum atomic E-state index is 14.3. The van der Waals surface area contributed by atoms with Gasteiger partial charge in [0.2, 0.25) is 0 Å². The molecule has 0 spiro atoms. The molecule has 0 atom stereocenters. The van der Waals surface area contributed by atoms with Crippen molar-refractivity contribution in [3.63, 3.8) is 0 Å². The number of carbonyl (C=O) groups excluding carboxylic acids is 1. The lowest BCUT2D eigenvalue weighted by molar-refractivity contribution is -0.137. The Hall–Kier alpha value is -7.28. The first-order valence-corrected chi connectivity index (χ1v) is 30.2. The minimum Gasteiger partial charge on any atom is -0.481 e. The summed E-state index contributed by atoms with van der Waals surface area (Å²) in [4.78, 5) is 26.3. The third-order valence-electron chi connectivity index (χ3n) is 9.85. The Kier molecular flexibility index (Phi) is 22.0. The molecule has 0 saturated carbocycles. The van der Waals surface area contributed by atoms with Crippen molar-refractivity contribution in [2.75, 3.05) is 18.9 Å². The number of benzene rings is 5. The van der Waals surface area contributed by atoms with Crippen molar-refractivity contribution in [3.8, 4) is 22.5 Å². The number of amides is 1. The van der Waals surface area contributed by atoms with Crippen molar-refractivity contribution in [1.82, 2.24) is 4.90 Å². The number of nitrogens with zero attached hydrogens (tertiary/aromatic N) is 2. The molecule has 6 rings (SSSR count). The topological polar surface area (TPSA) is 521 Å². The van der Waals surface area contributed by atoms with Gasteiger partial charge in [-0.25, -0.2) is 0 Å². The Bertz CT molecular complexity index is 4240. The zero-order valence-electron chi connectivity index (χ0n) is 38.5. The molecule has 7 N–H and O–H groups in total. The summed E-state index contributed by atoms with van der Waals surface area (Å²) in [6.45, 7) is -1.27. The average Bonchev–Trinajstić information content (AvgIpc) is 3.29. The maximum absolute atomic E-state index is 14.3. The van der Waals surface area contributed by atoms with Crippen LogP contribution < -0.4 is 10.7 Å². The average molecular weight is 1250 g/mol. The van der Waals surface area contributed by atoms with E-state index in [-0.39, 0.29) is 35.0 Å². The first-order chi connectivity index (χ1) is 35.8. The highest BCUT2D eigenvalue weighted by Crippen LogP contribution is 2.47. The molecule has 4 aromatic carbocycles. The first-order valence-electron chi connectivity index (χ1n) is 20.0. The minimum absolute atomic E-state index is 0.109. The fraction of sp³-hybridized carbons (Fsp3) is 0.154. The lowest BCUT2D eigenvalue weighted by Gasteiger charge is -2.24. The number of carboxylic acids is 1.